The highest BCUT2D eigenvalue weighted by atomic mass is 19.1. The Bertz CT molecular complexity index is 817. The first-order chi connectivity index (χ1) is 13.1. The van der Waals surface area contributed by atoms with Gasteiger partial charge in [-0.1, -0.05) is 43.3 Å². The minimum Gasteiger partial charge on any atom is -0.310 e. The minimum atomic E-state index is -0.142. The molecule has 0 bridgehead atoms. The normalized spacial score (nSPS) is 20.7. The Morgan fingerprint density at radius 1 is 1.00 bits per heavy atom. The average Bonchev–Trinajstić information content (AvgIpc) is 3.02. The number of para-hydroxylation sites is 1. The van der Waals surface area contributed by atoms with Crippen molar-refractivity contribution >= 4 is 11.6 Å². The molecular formula is C22H26FN3O. The number of halogens is 1. The van der Waals surface area contributed by atoms with Crippen LogP contribution in [0.1, 0.15) is 24.0 Å². The van der Waals surface area contributed by atoms with E-state index >= 15 is 0 Å². The van der Waals surface area contributed by atoms with Crippen LogP contribution in [0.25, 0.3) is 0 Å². The van der Waals surface area contributed by atoms with E-state index in [4.69, 9.17) is 0 Å². The van der Waals surface area contributed by atoms with Gasteiger partial charge in [0.1, 0.15) is 5.82 Å². The van der Waals surface area contributed by atoms with Crippen molar-refractivity contribution in [1.29, 1.82) is 0 Å². The fourth-order valence-corrected chi connectivity index (χ4v) is 4.11. The highest BCUT2D eigenvalue weighted by Crippen LogP contribution is 2.35. The molecule has 1 fully saturated rings. The lowest BCUT2D eigenvalue weighted by Gasteiger charge is -2.35. The molecule has 1 saturated heterocycles. The standard InChI is InChI=1S/C22H26FN3O/c1-17-14-26(21-9-5-3-7-19(17)21)22(27)16-25-12-10-24(11-13-25)15-18-6-2-4-8-20(18)23/h2-9,17H,10-16H2,1H3. The summed E-state index contributed by atoms with van der Waals surface area (Å²) in [6.45, 7) is 7.42. The maximum atomic E-state index is 13.8. The molecule has 5 heteroatoms. The van der Waals surface area contributed by atoms with Gasteiger partial charge in [0.25, 0.3) is 0 Å². The molecule has 0 radical (unpaired) electrons. The smallest absolute Gasteiger partial charge is 0.241 e. The molecule has 0 aromatic heterocycles. The van der Waals surface area contributed by atoms with Crippen LogP contribution in [0.15, 0.2) is 48.5 Å². The number of amides is 1. The first-order valence-corrected chi connectivity index (χ1v) is 9.69. The van der Waals surface area contributed by atoms with Crippen molar-refractivity contribution in [2.24, 2.45) is 0 Å². The summed E-state index contributed by atoms with van der Waals surface area (Å²) >= 11 is 0. The summed E-state index contributed by atoms with van der Waals surface area (Å²) in [6, 6.07) is 15.2. The van der Waals surface area contributed by atoms with E-state index in [1.54, 1.807) is 6.07 Å². The number of carbonyl (C=O) groups excluding carboxylic acids is 1. The van der Waals surface area contributed by atoms with Crippen LogP contribution in [0.3, 0.4) is 0 Å². The molecule has 2 aromatic rings. The second-order valence-corrected chi connectivity index (χ2v) is 7.61. The van der Waals surface area contributed by atoms with Crippen molar-refractivity contribution in [1.82, 2.24) is 9.80 Å². The van der Waals surface area contributed by atoms with Crippen LogP contribution >= 0.6 is 0 Å². The summed E-state index contributed by atoms with van der Waals surface area (Å²) in [5.41, 5.74) is 3.07. The molecule has 2 aliphatic rings. The Morgan fingerprint density at radius 3 is 2.44 bits per heavy atom. The molecule has 2 aliphatic heterocycles. The predicted octanol–water partition coefficient (Wildman–Crippen LogP) is 3.09. The molecule has 0 spiro atoms. The van der Waals surface area contributed by atoms with Gasteiger partial charge >= 0.3 is 0 Å². The maximum Gasteiger partial charge on any atom is 0.241 e. The van der Waals surface area contributed by atoms with Gasteiger partial charge in [0.2, 0.25) is 5.91 Å². The average molecular weight is 367 g/mol. The van der Waals surface area contributed by atoms with Crippen LogP contribution in [0.2, 0.25) is 0 Å². The molecule has 2 aromatic carbocycles. The van der Waals surface area contributed by atoms with Crippen molar-refractivity contribution in [2.75, 3.05) is 44.2 Å². The molecule has 1 unspecified atom stereocenters. The van der Waals surface area contributed by atoms with E-state index in [0.717, 1.165) is 44.0 Å². The molecule has 1 atom stereocenters. The van der Waals surface area contributed by atoms with E-state index in [1.807, 2.05) is 35.2 Å². The number of piperazine rings is 1. The summed E-state index contributed by atoms with van der Waals surface area (Å²) in [6.07, 6.45) is 0. The maximum absolute atomic E-state index is 13.8. The molecule has 0 N–H and O–H groups in total. The quantitative estimate of drug-likeness (QED) is 0.831. The lowest BCUT2D eigenvalue weighted by molar-refractivity contribution is -0.120. The fraction of sp³-hybridized carbons (Fsp3) is 0.409. The summed E-state index contributed by atoms with van der Waals surface area (Å²) in [7, 11) is 0. The zero-order valence-electron chi connectivity index (χ0n) is 15.8. The van der Waals surface area contributed by atoms with Gasteiger partial charge in [-0.15, -0.1) is 0 Å². The largest absolute Gasteiger partial charge is 0.310 e. The minimum absolute atomic E-state index is 0.142. The highest BCUT2D eigenvalue weighted by Gasteiger charge is 2.30. The number of benzene rings is 2. The Kier molecular flexibility index (Phi) is 5.23. The monoisotopic (exact) mass is 367 g/mol. The number of hydrogen-bond donors (Lipinski definition) is 0. The third kappa shape index (κ3) is 3.89. The summed E-state index contributed by atoms with van der Waals surface area (Å²) in [4.78, 5) is 19.3. The Hall–Kier alpha value is -2.24. The zero-order valence-corrected chi connectivity index (χ0v) is 15.8. The first-order valence-electron chi connectivity index (χ1n) is 9.69. The van der Waals surface area contributed by atoms with Gasteiger partial charge in [0.05, 0.1) is 6.54 Å². The number of rotatable bonds is 4. The summed E-state index contributed by atoms with van der Waals surface area (Å²) in [5, 5.41) is 0. The van der Waals surface area contributed by atoms with Gasteiger partial charge in [-0.25, -0.2) is 4.39 Å². The predicted molar refractivity (Wildman–Crippen MR) is 105 cm³/mol. The lowest BCUT2D eigenvalue weighted by atomic mass is 10.0. The number of hydrogen-bond acceptors (Lipinski definition) is 3. The van der Waals surface area contributed by atoms with Crippen molar-refractivity contribution < 1.29 is 9.18 Å². The molecule has 0 aliphatic carbocycles. The molecule has 1 amide bonds. The van der Waals surface area contributed by atoms with E-state index in [0.29, 0.717) is 19.0 Å². The van der Waals surface area contributed by atoms with Crippen LogP contribution in [0.4, 0.5) is 10.1 Å². The van der Waals surface area contributed by atoms with Crippen molar-refractivity contribution in [3.05, 3.63) is 65.5 Å². The van der Waals surface area contributed by atoms with E-state index in [1.165, 1.54) is 11.6 Å². The number of fused-ring (bicyclic) bond motifs is 1. The Morgan fingerprint density at radius 2 is 1.67 bits per heavy atom. The van der Waals surface area contributed by atoms with Crippen LogP contribution in [-0.4, -0.2) is 55.0 Å². The van der Waals surface area contributed by atoms with Crippen LogP contribution in [0, 0.1) is 5.82 Å². The van der Waals surface area contributed by atoms with E-state index in [9.17, 15) is 9.18 Å². The van der Waals surface area contributed by atoms with Crippen molar-refractivity contribution in [3.63, 3.8) is 0 Å². The van der Waals surface area contributed by atoms with Crippen LogP contribution < -0.4 is 4.90 Å². The second kappa shape index (κ2) is 7.79. The molecule has 4 rings (SSSR count). The molecule has 27 heavy (non-hydrogen) atoms. The van der Waals surface area contributed by atoms with Crippen LogP contribution in [-0.2, 0) is 11.3 Å². The van der Waals surface area contributed by atoms with E-state index in [-0.39, 0.29) is 11.7 Å². The zero-order chi connectivity index (χ0) is 18.8. The van der Waals surface area contributed by atoms with Gasteiger partial charge in [-0.2, -0.15) is 0 Å². The van der Waals surface area contributed by atoms with E-state index < -0.39 is 0 Å². The second-order valence-electron chi connectivity index (χ2n) is 7.61. The van der Waals surface area contributed by atoms with Gasteiger partial charge < -0.3 is 4.90 Å². The molecule has 2 heterocycles. The van der Waals surface area contributed by atoms with Crippen molar-refractivity contribution in [3.8, 4) is 0 Å². The van der Waals surface area contributed by atoms with Crippen LogP contribution in [0.5, 0.6) is 0 Å². The third-order valence-corrected chi connectivity index (χ3v) is 5.69. The first kappa shape index (κ1) is 18.1. The van der Waals surface area contributed by atoms with Gasteiger partial charge in [0.15, 0.2) is 0 Å². The fourth-order valence-electron chi connectivity index (χ4n) is 4.11. The van der Waals surface area contributed by atoms with Gasteiger partial charge in [-0.3, -0.25) is 14.6 Å². The SMILES string of the molecule is CC1CN(C(=O)CN2CCN(Cc3ccccc3F)CC2)c2ccccc21. The molecule has 142 valence electrons. The molecular weight excluding hydrogens is 341 g/mol. The number of carbonyl (C=O) groups is 1. The lowest BCUT2D eigenvalue weighted by Crippen LogP contribution is -2.49. The summed E-state index contributed by atoms with van der Waals surface area (Å²) < 4.78 is 13.8. The number of anilines is 1. The van der Waals surface area contributed by atoms with Crippen molar-refractivity contribution in [2.45, 2.75) is 19.4 Å². The Balaban J connectivity index is 1.31. The molecule has 0 saturated carbocycles. The third-order valence-electron chi connectivity index (χ3n) is 5.69. The van der Waals surface area contributed by atoms with E-state index in [2.05, 4.69) is 22.8 Å². The number of nitrogens with zero attached hydrogens (tertiary/aromatic N) is 3. The Labute approximate surface area is 160 Å². The molecule has 4 nitrogen and oxygen atoms in total. The topological polar surface area (TPSA) is 26.8 Å². The highest BCUT2D eigenvalue weighted by molar-refractivity contribution is 5.97. The van der Waals surface area contributed by atoms with Gasteiger partial charge in [0, 0.05) is 56.4 Å². The van der Waals surface area contributed by atoms with Gasteiger partial charge in [-0.05, 0) is 17.7 Å². The summed E-state index contributed by atoms with van der Waals surface area (Å²) in [5.74, 6) is 0.425.